The van der Waals surface area contributed by atoms with Crippen LogP contribution >= 0.6 is 0 Å². The van der Waals surface area contributed by atoms with Crippen LogP contribution in [0.15, 0.2) is 4.42 Å². The predicted octanol–water partition coefficient (Wildman–Crippen LogP) is 1.10. The summed E-state index contributed by atoms with van der Waals surface area (Å²) < 4.78 is 10.4. The van der Waals surface area contributed by atoms with Crippen molar-refractivity contribution in [2.75, 3.05) is 6.61 Å². The maximum absolute atomic E-state index is 10.8. The topological polar surface area (TPSA) is 110 Å². The van der Waals surface area contributed by atoms with Gasteiger partial charge in [-0.25, -0.2) is 14.6 Å². The average Bonchev–Trinajstić information content (AvgIpc) is 2.83. The fraction of sp³-hybridized carbons (Fsp3) is 0.500. The Balaban J connectivity index is 2.47. The van der Waals surface area contributed by atoms with Crippen LogP contribution in [-0.4, -0.2) is 33.7 Å². The minimum atomic E-state index is -1.46. The molecule has 2 rings (SSSR count). The number of rotatable bonds is 3. The molecule has 0 aliphatic carbocycles. The van der Waals surface area contributed by atoms with Crippen LogP contribution in [0.5, 0.6) is 0 Å². The summed E-state index contributed by atoms with van der Waals surface area (Å²) in [7, 11) is 0. The van der Waals surface area contributed by atoms with E-state index in [-0.39, 0.29) is 5.89 Å². The molecular weight excluding hydrogens is 230 g/mol. The normalized spacial score (nSPS) is 23.8. The smallest absolute Gasteiger partial charge is 0.374 e. The second-order valence-electron chi connectivity index (χ2n) is 3.99. The van der Waals surface area contributed by atoms with Gasteiger partial charge in [0.2, 0.25) is 17.3 Å². The summed E-state index contributed by atoms with van der Waals surface area (Å²) in [5.41, 5.74) is -1.43. The van der Waals surface area contributed by atoms with Gasteiger partial charge in [-0.1, -0.05) is 0 Å². The van der Waals surface area contributed by atoms with E-state index in [1.165, 1.54) is 0 Å². The lowest BCUT2D eigenvalue weighted by molar-refractivity contribution is -0.00629. The van der Waals surface area contributed by atoms with Gasteiger partial charge >= 0.3 is 11.9 Å². The maximum Gasteiger partial charge on any atom is 0.374 e. The van der Waals surface area contributed by atoms with Gasteiger partial charge < -0.3 is 19.4 Å². The Hall–Kier alpha value is -1.89. The molecule has 1 aromatic heterocycles. The summed E-state index contributed by atoms with van der Waals surface area (Å²) >= 11 is 0. The molecule has 0 bridgehead atoms. The van der Waals surface area contributed by atoms with E-state index >= 15 is 0 Å². The van der Waals surface area contributed by atoms with Crippen LogP contribution < -0.4 is 0 Å². The lowest BCUT2D eigenvalue weighted by Gasteiger charge is -2.17. The zero-order valence-electron chi connectivity index (χ0n) is 9.10. The first-order chi connectivity index (χ1) is 7.94. The lowest BCUT2D eigenvalue weighted by Crippen LogP contribution is -2.20. The highest BCUT2D eigenvalue weighted by molar-refractivity contribution is 5.98. The fourth-order valence-electron chi connectivity index (χ4n) is 1.78. The molecule has 17 heavy (non-hydrogen) atoms. The van der Waals surface area contributed by atoms with Gasteiger partial charge in [-0.3, -0.25) is 0 Å². The van der Waals surface area contributed by atoms with Crippen LogP contribution in [0.25, 0.3) is 0 Å². The van der Waals surface area contributed by atoms with Crippen LogP contribution in [0.2, 0.25) is 0 Å². The van der Waals surface area contributed by atoms with Crippen molar-refractivity contribution >= 4 is 11.9 Å². The van der Waals surface area contributed by atoms with Crippen LogP contribution in [0.4, 0.5) is 0 Å². The van der Waals surface area contributed by atoms with Gasteiger partial charge in [-0.2, -0.15) is 0 Å². The van der Waals surface area contributed by atoms with Gasteiger partial charge in [0.05, 0.1) is 0 Å². The van der Waals surface area contributed by atoms with E-state index in [9.17, 15) is 9.59 Å². The molecule has 1 atom stereocenters. The lowest BCUT2D eigenvalue weighted by atomic mass is 10.0. The van der Waals surface area contributed by atoms with Crippen LogP contribution in [0, 0.1) is 0 Å². The number of oxazole rings is 1. The molecule has 1 unspecified atom stereocenters. The minimum absolute atomic E-state index is 0.00444. The molecule has 0 saturated carbocycles. The Labute approximate surface area is 96.0 Å². The molecule has 1 fully saturated rings. The summed E-state index contributed by atoms with van der Waals surface area (Å²) in [6, 6.07) is 0. The Morgan fingerprint density at radius 1 is 1.35 bits per heavy atom. The largest absolute Gasteiger partial charge is 0.476 e. The van der Waals surface area contributed by atoms with Crippen molar-refractivity contribution in [2.45, 2.75) is 25.4 Å². The number of nitrogens with zero attached hydrogens (tertiary/aromatic N) is 1. The van der Waals surface area contributed by atoms with Crippen molar-refractivity contribution in [1.29, 1.82) is 0 Å². The number of carboxylic acids is 2. The molecule has 1 aromatic rings. The quantitative estimate of drug-likeness (QED) is 0.814. The summed E-state index contributed by atoms with van der Waals surface area (Å²) in [6.07, 6.45) is 1.41. The predicted molar refractivity (Wildman–Crippen MR) is 53.0 cm³/mol. The van der Waals surface area contributed by atoms with Crippen LogP contribution in [-0.2, 0) is 10.3 Å². The number of carbonyl (C=O) groups is 2. The van der Waals surface area contributed by atoms with E-state index < -0.39 is 29.0 Å². The fourth-order valence-corrected chi connectivity index (χ4v) is 1.78. The van der Waals surface area contributed by atoms with Crippen molar-refractivity contribution in [1.82, 2.24) is 4.98 Å². The van der Waals surface area contributed by atoms with Crippen molar-refractivity contribution in [3.63, 3.8) is 0 Å². The number of hydrogen-bond acceptors (Lipinski definition) is 5. The monoisotopic (exact) mass is 241 g/mol. The second kappa shape index (κ2) is 3.85. The third kappa shape index (κ3) is 1.89. The highest BCUT2D eigenvalue weighted by Crippen LogP contribution is 2.35. The molecule has 1 aliphatic heterocycles. The third-order valence-corrected chi connectivity index (χ3v) is 2.70. The average molecular weight is 241 g/mol. The number of aromatic nitrogens is 1. The highest BCUT2D eigenvalue weighted by atomic mass is 16.5. The second-order valence-corrected chi connectivity index (χ2v) is 3.99. The Morgan fingerprint density at radius 2 is 2.06 bits per heavy atom. The van der Waals surface area contributed by atoms with E-state index in [2.05, 4.69) is 4.98 Å². The van der Waals surface area contributed by atoms with E-state index in [0.717, 1.165) is 6.42 Å². The SMILES string of the molecule is CC1(c2nc(C(=O)O)c(C(=O)O)o2)CCCO1. The summed E-state index contributed by atoms with van der Waals surface area (Å²) in [6.45, 7) is 2.22. The van der Waals surface area contributed by atoms with Crippen molar-refractivity contribution in [2.24, 2.45) is 0 Å². The van der Waals surface area contributed by atoms with Crippen molar-refractivity contribution in [3.8, 4) is 0 Å². The zero-order valence-corrected chi connectivity index (χ0v) is 9.10. The van der Waals surface area contributed by atoms with Gasteiger partial charge in [0.1, 0.15) is 5.60 Å². The highest BCUT2D eigenvalue weighted by Gasteiger charge is 2.39. The van der Waals surface area contributed by atoms with Gasteiger partial charge in [0.15, 0.2) is 0 Å². The van der Waals surface area contributed by atoms with E-state index in [0.29, 0.717) is 13.0 Å². The Morgan fingerprint density at radius 3 is 2.47 bits per heavy atom. The van der Waals surface area contributed by atoms with Crippen LogP contribution in [0.1, 0.15) is 46.7 Å². The summed E-state index contributed by atoms with van der Waals surface area (Å²) in [4.78, 5) is 25.4. The summed E-state index contributed by atoms with van der Waals surface area (Å²) in [5.74, 6) is -3.55. The van der Waals surface area contributed by atoms with E-state index in [1.807, 2.05) is 0 Å². The van der Waals surface area contributed by atoms with E-state index in [1.54, 1.807) is 6.92 Å². The van der Waals surface area contributed by atoms with Gasteiger partial charge in [0.25, 0.3) is 0 Å². The van der Waals surface area contributed by atoms with Gasteiger partial charge in [-0.05, 0) is 19.8 Å². The van der Waals surface area contributed by atoms with Crippen molar-refractivity contribution < 1.29 is 29.0 Å². The molecule has 0 aromatic carbocycles. The Kier molecular flexibility index (Phi) is 2.62. The molecule has 0 spiro atoms. The molecule has 2 heterocycles. The third-order valence-electron chi connectivity index (χ3n) is 2.70. The first-order valence-electron chi connectivity index (χ1n) is 5.06. The maximum atomic E-state index is 10.8. The standard InChI is InChI=1S/C10H11NO6/c1-10(3-2-4-16-10)9-11-5(7(12)13)6(17-9)8(14)15/h2-4H2,1H3,(H,12,13)(H,14,15). The first-order valence-corrected chi connectivity index (χ1v) is 5.06. The molecule has 1 saturated heterocycles. The Bertz CT molecular complexity index is 440. The molecule has 0 radical (unpaired) electrons. The van der Waals surface area contributed by atoms with Crippen molar-refractivity contribution in [3.05, 3.63) is 17.3 Å². The zero-order chi connectivity index (χ0) is 12.6. The minimum Gasteiger partial charge on any atom is -0.476 e. The summed E-state index contributed by atoms with van der Waals surface area (Å²) in [5, 5.41) is 17.6. The molecular formula is C10H11NO6. The first kappa shape index (κ1) is 11.6. The molecule has 0 amide bonds. The molecule has 7 heteroatoms. The molecule has 7 nitrogen and oxygen atoms in total. The van der Waals surface area contributed by atoms with Gasteiger partial charge in [-0.15, -0.1) is 0 Å². The number of hydrogen-bond donors (Lipinski definition) is 2. The number of ether oxygens (including phenoxy) is 1. The van der Waals surface area contributed by atoms with E-state index in [4.69, 9.17) is 19.4 Å². The molecule has 1 aliphatic rings. The van der Waals surface area contributed by atoms with Gasteiger partial charge in [0, 0.05) is 6.61 Å². The van der Waals surface area contributed by atoms with Crippen LogP contribution in [0.3, 0.4) is 0 Å². The molecule has 92 valence electrons. The number of carboxylic acid groups (broad SMARTS) is 2. The molecule has 2 N–H and O–H groups in total. The number of aromatic carboxylic acids is 2.